The molecule has 0 unspecified atom stereocenters. The van der Waals surface area contributed by atoms with Gasteiger partial charge in [-0.05, 0) is 23.8 Å². The third-order valence-electron chi connectivity index (χ3n) is 3.25. The number of fused-ring (bicyclic) bond motifs is 2. The highest BCUT2D eigenvalue weighted by Gasteiger charge is 2.08. The zero-order valence-corrected chi connectivity index (χ0v) is 11.0. The van der Waals surface area contributed by atoms with Gasteiger partial charge in [0.1, 0.15) is 5.82 Å². The normalized spacial score (nSPS) is 11.2. The van der Waals surface area contributed by atoms with Crippen molar-refractivity contribution < 1.29 is 0 Å². The number of hydrogen-bond donors (Lipinski definition) is 1. The number of nitrogen functional groups attached to an aromatic ring is 1. The van der Waals surface area contributed by atoms with Crippen LogP contribution in [0.3, 0.4) is 0 Å². The highest BCUT2D eigenvalue weighted by Crippen LogP contribution is 2.15. The predicted octanol–water partition coefficient (Wildman–Crippen LogP) is 1.40. The van der Waals surface area contributed by atoms with Crippen molar-refractivity contribution in [1.82, 2.24) is 29.9 Å². The van der Waals surface area contributed by atoms with E-state index in [1.807, 2.05) is 24.3 Å². The summed E-state index contributed by atoms with van der Waals surface area (Å²) in [4.78, 5) is 12.6. The first-order chi connectivity index (χ1) is 10.3. The summed E-state index contributed by atoms with van der Waals surface area (Å²) in [7, 11) is 0. The van der Waals surface area contributed by atoms with Crippen LogP contribution in [0.1, 0.15) is 5.56 Å². The van der Waals surface area contributed by atoms with E-state index in [-0.39, 0.29) is 0 Å². The lowest BCUT2D eigenvalue weighted by Crippen LogP contribution is -2.04. The van der Waals surface area contributed by atoms with Crippen LogP contribution < -0.4 is 5.73 Å². The van der Waals surface area contributed by atoms with Crippen molar-refractivity contribution in [2.75, 3.05) is 5.73 Å². The summed E-state index contributed by atoms with van der Waals surface area (Å²) in [6.07, 6.45) is 3.26. The van der Waals surface area contributed by atoms with Crippen LogP contribution in [0.25, 0.3) is 22.2 Å². The highest BCUT2D eigenvalue weighted by molar-refractivity contribution is 5.79. The average Bonchev–Trinajstić information content (AvgIpc) is 2.89. The van der Waals surface area contributed by atoms with Gasteiger partial charge in [0, 0.05) is 11.6 Å². The maximum Gasteiger partial charge on any atom is 0.221 e. The van der Waals surface area contributed by atoms with Crippen molar-refractivity contribution in [3.05, 3.63) is 48.3 Å². The molecule has 4 aromatic rings. The molecule has 0 aliphatic rings. The Kier molecular flexibility index (Phi) is 2.50. The lowest BCUT2D eigenvalue weighted by molar-refractivity contribution is 0.665. The van der Waals surface area contributed by atoms with E-state index in [2.05, 4.69) is 31.3 Å². The third kappa shape index (κ3) is 2.04. The SMILES string of the molecule is Nc1cnc2nnn(Cc3ccc4ncccc4c3)c2n1. The minimum atomic E-state index is 0.355. The maximum absolute atomic E-state index is 5.67. The van der Waals surface area contributed by atoms with Crippen molar-refractivity contribution >= 4 is 28.0 Å². The van der Waals surface area contributed by atoms with E-state index in [0.29, 0.717) is 23.7 Å². The molecule has 0 saturated heterocycles. The van der Waals surface area contributed by atoms with E-state index < -0.39 is 0 Å². The van der Waals surface area contributed by atoms with E-state index in [0.717, 1.165) is 16.5 Å². The average molecular weight is 277 g/mol. The van der Waals surface area contributed by atoms with Crippen LogP contribution in [0, 0.1) is 0 Å². The van der Waals surface area contributed by atoms with Crippen molar-refractivity contribution in [3.8, 4) is 0 Å². The Hall–Kier alpha value is -3.09. The van der Waals surface area contributed by atoms with Gasteiger partial charge in [-0.2, -0.15) is 0 Å². The van der Waals surface area contributed by atoms with Crippen LogP contribution in [0.2, 0.25) is 0 Å². The van der Waals surface area contributed by atoms with Crippen LogP contribution in [-0.2, 0) is 6.54 Å². The summed E-state index contributed by atoms with van der Waals surface area (Å²) in [5.74, 6) is 0.355. The smallest absolute Gasteiger partial charge is 0.221 e. The molecule has 7 heteroatoms. The Morgan fingerprint density at radius 3 is 3.05 bits per heavy atom. The molecule has 3 heterocycles. The molecule has 7 nitrogen and oxygen atoms in total. The molecule has 102 valence electrons. The molecule has 0 spiro atoms. The molecule has 0 radical (unpaired) electrons. The Labute approximate surface area is 119 Å². The fourth-order valence-corrected chi connectivity index (χ4v) is 2.27. The number of aromatic nitrogens is 6. The molecule has 0 amide bonds. The van der Waals surface area contributed by atoms with Gasteiger partial charge in [0.2, 0.25) is 5.65 Å². The number of anilines is 1. The first kappa shape index (κ1) is 11.7. The molecule has 0 atom stereocenters. The molecular weight excluding hydrogens is 266 g/mol. The number of pyridine rings is 1. The van der Waals surface area contributed by atoms with Gasteiger partial charge in [-0.15, -0.1) is 5.10 Å². The van der Waals surface area contributed by atoms with E-state index >= 15 is 0 Å². The summed E-state index contributed by atoms with van der Waals surface area (Å²) in [5, 5.41) is 9.16. The fourth-order valence-electron chi connectivity index (χ4n) is 2.27. The monoisotopic (exact) mass is 277 g/mol. The minimum absolute atomic E-state index is 0.355. The second-order valence-electron chi connectivity index (χ2n) is 4.72. The van der Waals surface area contributed by atoms with Gasteiger partial charge in [-0.3, -0.25) is 4.98 Å². The van der Waals surface area contributed by atoms with Crippen molar-refractivity contribution in [2.24, 2.45) is 0 Å². The lowest BCUT2D eigenvalue weighted by Gasteiger charge is -2.04. The number of rotatable bonds is 2. The molecule has 2 N–H and O–H groups in total. The Morgan fingerprint density at radius 1 is 1.14 bits per heavy atom. The first-order valence-electron chi connectivity index (χ1n) is 6.45. The fraction of sp³-hybridized carbons (Fsp3) is 0.0714. The highest BCUT2D eigenvalue weighted by atomic mass is 15.5. The molecule has 1 aromatic carbocycles. The van der Waals surface area contributed by atoms with Crippen molar-refractivity contribution in [1.29, 1.82) is 0 Å². The van der Waals surface area contributed by atoms with Gasteiger partial charge >= 0.3 is 0 Å². The Morgan fingerprint density at radius 2 is 2.10 bits per heavy atom. The van der Waals surface area contributed by atoms with E-state index in [4.69, 9.17) is 5.73 Å². The van der Waals surface area contributed by atoms with Gasteiger partial charge < -0.3 is 5.73 Å². The second kappa shape index (κ2) is 4.48. The van der Waals surface area contributed by atoms with Gasteiger partial charge in [0.15, 0.2) is 5.65 Å². The second-order valence-corrected chi connectivity index (χ2v) is 4.72. The molecule has 4 rings (SSSR count). The summed E-state index contributed by atoms with van der Waals surface area (Å²) in [5.41, 5.74) is 8.80. The Balaban J connectivity index is 1.77. The molecule has 0 fully saturated rings. The summed E-state index contributed by atoms with van der Waals surface area (Å²) in [6.45, 7) is 0.555. The zero-order valence-electron chi connectivity index (χ0n) is 11.0. The summed E-state index contributed by atoms with van der Waals surface area (Å²) >= 11 is 0. The molecule has 0 saturated carbocycles. The number of nitrogens with two attached hydrogens (primary N) is 1. The lowest BCUT2D eigenvalue weighted by atomic mass is 10.1. The van der Waals surface area contributed by atoms with Gasteiger partial charge in [0.25, 0.3) is 0 Å². The third-order valence-corrected chi connectivity index (χ3v) is 3.25. The largest absolute Gasteiger partial charge is 0.382 e. The van der Waals surface area contributed by atoms with Crippen LogP contribution >= 0.6 is 0 Å². The summed E-state index contributed by atoms with van der Waals surface area (Å²) < 4.78 is 1.69. The number of nitrogens with zero attached hydrogens (tertiary/aromatic N) is 6. The minimum Gasteiger partial charge on any atom is -0.382 e. The van der Waals surface area contributed by atoms with Crippen LogP contribution in [0.5, 0.6) is 0 Å². The maximum atomic E-state index is 5.67. The summed E-state index contributed by atoms with van der Waals surface area (Å²) in [6, 6.07) is 10.0. The molecule has 0 aliphatic carbocycles. The van der Waals surface area contributed by atoms with Crippen molar-refractivity contribution in [3.63, 3.8) is 0 Å². The number of hydrogen-bond acceptors (Lipinski definition) is 6. The predicted molar refractivity (Wildman–Crippen MR) is 78.4 cm³/mol. The Bertz CT molecular complexity index is 944. The van der Waals surface area contributed by atoms with E-state index in [9.17, 15) is 0 Å². The van der Waals surface area contributed by atoms with Crippen LogP contribution in [0.4, 0.5) is 5.82 Å². The number of benzene rings is 1. The van der Waals surface area contributed by atoms with Gasteiger partial charge in [-0.25, -0.2) is 14.6 Å². The zero-order chi connectivity index (χ0) is 14.2. The van der Waals surface area contributed by atoms with E-state index in [1.165, 1.54) is 6.20 Å². The molecule has 3 aromatic heterocycles. The van der Waals surface area contributed by atoms with Crippen LogP contribution in [0.15, 0.2) is 42.7 Å². The van der Waals surface area contributed by atoms with Gasteiger partial charge in [0.05, 0.1) is 18.3 Å². The van der Waals surface area contributed by atoms with Crippen molar-refractivity contribution in [2.45, 2.75) is 6.54 Å². The topological polar surface area (TPSA) is 95.4 Å². The first-order valence-corrected chi connectivity index (χ1v) is 6.45. The molecular formula is C14H11N7. The quantitative estimate of drug-likeness (QED) is 0.595. The van der Waals surface area contributed by atoms with E-state index in [1.54, 1.807) is 10.9 Å². The molecule has 0 aliphatic heterocycles. The molecule has 0 bridgehead atoms. The standard InChI is InChI=1S/C14H11N7/c15-12-7-17-13-14(18-12)21(20-19-13)8-9-3-4-11-10(6-9)2-1-5-16-11/h1-7H,8H2,(H2,15,18). The molecule has 21 heavy (non-hydrogen) atoms. The van der Waals surface area contributed by atoms with Crippen LogP contribution in [-0.4, -0.2) is 29.9 Å². The van der Waals surface area contributed by atoms with Gasteiger partial charge in [-0.1, -0.05) is 17.3 Å².